The van der Waals surface area contributed by atoms with E-state index in [0.717, 1.165) is 11.1 Å². The first-order valence-electron chi connectivity index (χ1n) is 17.1. The highest BCUT2D eigenvalue weighted by Crippen LogP contribution is 2.45. The summed E-state index contributed by atoms with van der Waals surface area (Å²) in [6.45, 7) is 14.3. The minimum absolute atomic E-state index is 0.00125. The second-order valence-corrected chi connectivity index (χ2v) is 15.3. The number of carbonyl (C=O) groups excluding carboxylic acids is 3. The minimum atomic E-state index is -1.52. The van der Waals surface area contributed by atoms with Crippen LogP contribution < -0.4 is 20.1 Å². The van der Waals surface area contributed by atoms with Gasteiger partial charge in [-0.1, -0.05) is 39.0 Å². The van der Waals surface area contributed by atoms with Crippen LogP contribution in [-0.4, -0.2) is 92.9 Å². The number of ether oxygens (including phenoxy) is 3. The zero-order chi connectivity index (χ0) is 38.2. The minimum Gasteiger partial charge on any atom is -0.497 e. The predicted octanol–water partition coefficient (Wildman–Crippen LogP) is 4.86. The molecule has 278 valence electrons. The van der Waals surface area contributed by atoms with Crippen LogP contribution in [0.15, 0.2) is 61.2 Å². The van der Waals surface area contributed by atoms with Crippen molar-refractivity contribution in [3.8, 4) is 34.0 Å². The Morgan fingerprint density at radius 1 is 0.962 bits per heavy atom. The maximum absolute atomic E-state index is 14.5. The van der Waals surface area contributed by atoms with Gasteiger partial charge in [0.25, 0.3) is 0 Å². The molecule has 5 unspecified atom stereocenters. The third-order valence-corrected chi connectivity index (χ3v) is 9.33. The zero-order valence-corrected chi connectivity index (χ0v) is 30.9. The molecule has 1 aliphatic heterocycles. The van der Waals surface area contributed by atoms with Gasteiger partial charge in [-0.3, -0.25) is 9.59 Å². The van der Waals surface area contributed by atoms with Crippen LogP contribution in [0.4, 0.5) is 4.79 Å². The number of carbonyl (C=O) groups is 4. The second-order valence-electron chi connectivity index (χ2n) is 15.3. The van der Waals surface area contributed by atoms with E-state index in [0.29, 0.717) is 22.9 Å². The highest BCUT2D eigenvalue weighted by molar-refractivity contribution is 5.96. The number of rotatable bonds is 11. The molecule has 0 bridgehead atoms. The molecule has 1 saturated carbocycles. The van der Waals surface area contributed by atoms with Gasteiger partial charge in [0.2, 0.25) is 11.8 Å². The van der Waals surface area contributed by atoms with Gasteiger partial charge in [-0.05, 0) is 69.0 Å². The summed E-state index contributed by atoms with van der Waals surface area (Å²) in [5.74, 6) is -1.52. The fourth-order valence-electron chi connectivity index (χ4n) is 6.43. The third kappa shape index (κ3) is 7.90. The average molecular weight is 717 g/mol. The number of carboxylic acid groups (broad SMARTS) is 1. The number of amides is 3. The molecule has 2 aliphatic rings. The summed E-state index contributed by atoms with van der Waals surface area (Å²) in [6, 6.07) is 12.0. The average Bonchev–Trinajstić information content (AvgIpc) is 3.39. The second kappa shape index (κ2) is 14.3. The first-order chi connectivity index (χ1) is 24.4. The lowest BCUT2D eigenvalue weighted by atomic mass is 9.85. The number of aliphatic carboxylic acids is 1. The Kier molecular flexibility index (Phi) is 10.4. The number of nitrogens with one attached hydrogen (secondary N) is 2. The molecule has 5 atom stereocenters. The molecule has 14 nitrogen and oxygen atoms in total. The topological polar surface area (TPSA) is 174 Å². The van der Waals surface area contributed by atoms with Crippen LogP contribution >= 0.6 is 0 Å². The summed E-state index contributed by atoms with van der Waals surface area (Å²) in [4.78, 5) is 56.8. The summed E-state index contributed by atoms with van der Waals surface area (Å²) in [7, 11) is 3.16. The van der Waals surface area contributed by atoms with E-state index in [1.165, 1.54) is 15.8 Å². The number of alkyl carbamates (subject to hydrolysis) is 1. The molecule has 14 heteroatoms. The molecule has 0 radical (unpaired) electrons. The van der Waals surface area contributed by atoms with Crippen LogP contribution in [0.5, 0.6) is 11.5 Å². The van der Waals surface area contributed by atoms with Crippen molar-refractivity contribution < 1.29 is 38.5 Å². The number of carboxylic acids is 1. The van der Waals surface area contributed by atoms with Crippen LogP contribution in [0.3, 0.4) is 0 Å². The Bertz CT molecular complexity index is 1840. The van der Waals surface area contributed by atoms with Crippen molar-refractivity contribution in [2.75, 3.05) is 20.8 Å². The van der Waals surface area contributed by atoms with E-state index in [-0.39, 0.29) is 19.4 Å². The number of hydrogen-bond donors (Lipinski definition) is 3. The van der Waals surface area contributed by atoms with Crippen molar-refractivity contribution >= 4 is 23.9 Å². The Morgan fingerprint density at radius 2 is 1.60 bits per heavy atom. The fraction of sp³-hybridized carbons (Fsp3) is 0.474. The largest absolute Gasteiger partial charge is 0.497 e. The molecule has 5 rings (SSSR count). The summed E-state index contributed by atoms with van der Waals surface area (Å²) in [5.41, 5.74) is -0.546. The van der Waals surface area contributed by atoms with Crippen molar-refractivity contribution in [3.63, 3.8) is 0 Å². The molecule has 3 aromatic rings. The maximum Gasteiger partial charge on any atom is 0.408 e. The van der Waals surface area contributed by atoms with E-state index in [9.17, 15) is 24.3 Å². The molecule has 3 amide bonds. The fourth-order valence-corrected chi connectivity index (χ4v) is 6.43. The van der Waals surface area contributed by atoms with Gasteiger partial charge in [0.05, 0.1) is 20.3 Å². The normalized spacial score (nSPS) is 21.8. The van der Waals surface area contributed by atoms with Crippen LogP contribution in [0, 0.1) is 11.3 Å². The number of methoxy groups -OCH3 is 2. The van der Waals surface area contributed by atoms with Crippen molar-refractivity contribution in [1.29, 1.82) is 0 Å². The van der Waals surface area contributed by atoms with Crippen molar-refractivity contribution in [1.82, 2.24) is 30.5 Å². The smallest absolute Gasteiger partial charge is 0.408 e. The quantitative estimate of drug-likeness (QED) is 0.233. The van der Waals surface area contributed by atoms with Gasteiger partial charge in [-0.25, -0.2) is 9.59 Å². The molecular weight excluding hydrogens is 668 g/mol. The predicted molar refractivity (Wildman–Crippen MR) is 193 cm³/mol. The first-order valence-corrected chi connectivity index (χ1v) is 17.1. The van der Waals surface area contributed by atoms with Crippen LogP contribution in [-0.2, 0) is 19.1 Å². The lowest BCUT2D eigenvalue weighted by Gasteiger charge is -2.36. The maximum atomic E-state index is 14.5. The van der Waals surface area contributed by atoms with E-state index in [4.69, 9.17) is 24.4 Å². The van der Waals surface area contributed by atoms with E-state index >= 15 is 0 Å². The van der Waals surface area contributed by atoms with Crippen LogP contribution in [0.25, 0.3) is 22.5 Å². The highest BCUT2D eigenvalue weighted by Gasteiger charge is 2.61. The third-order valence-electron chi connectivity index (χ3n) is 9.33. The van der Waals surface area contributed by atoms with Gasteiger partial charge >= 0.3 is 12.1 Å². The van der Waals surface area contributed by atoms with Gasteiger partial charge in [0, 0.05) is 30.0 Å². The Labute approximate surface area is 303 Å². The molecule has 3 N–H and O–H groups in total. The molecule has 1 saturated heterocycles. The van der Waals surface area contributed by atoms with Crippen molar-refractivity contribution in [2.45, 2.75) is 83.6 Å². The molecule has 2 aromatic carbocycles. The monoisotopic (exact) mass is 716 g/mol. The van der Waals surface area contributed by atoms with E-state index < -0.39 is 64.5 Å². The molecule has 0 spiro atoms. The standard InChI is InChI=1S/C38H48N6O8/c1-10-24-20-38(24,34(47)48)40-32(45)28-19-25(21-43(28)33(46)31(36(2,3)4)39-35(49)52-37(5,6)7)44-41-29(22-14-16-26(50-8)17-15-22)30(42-44)23-12-11-13-27(18-23)51-9/h10-18,24-25,28,31H,1,19-21H2,2-9H3,(H,39,49)(H,40,45)(H,47,48). The van der Waals surface area contributed by atoms with Crippen LogP contribution in [0.2, 0.25) is 0 Å². The van der Waals surface area contributed by atoms with E-state index in [1.807, 2.05) is 48.5 Å². The van der Waals surface area contributed by atoms with Gasteiger partial charge in [0.15, 0.2) is 0 Å². The van der Waals surface area contributed by atoms with Crippen molar-refractivity contribution in [2.24, 2.45) is 11.3 Å². The summed E-state index contributed by atoms with van der Waals surface area (Å²) >= 11 is 0. The SMILES string of the molecule is C=CC1CC1(NC(=O)C1CC(n2nc(-c3ccc(OC)cc3)c(-c3cccc(OC)c3)n2)CN1C(=O)C(NC(=O)OC(C)(C)C)C(C)(C)C)C(=O)O. The lowest BCUT2D eigenvalue weighted by Crippen LogP contribution is -2.59. The van der Waals surface area contributed by atoms with Gasteiger partial charge in [-0.2, -0.15) is 15.0 Å². The number of likely N-dealkylation sites (tertiary alicyclic amines) is 1. The Hall–Kier alpha value is -5.40. The van der Waals surface area contributed by atoms with E-state index in [1.54, 1.807) is 55.8 Å². The summed E-state index contributed by atoms with van der Waals surface area (Å²) in [5, 5.41) is 25.3. The molecular formula is C38H48N6O8. The number of nitrogens with zero attached hydrogens (tertiary/aromatic N) is 4. The Morgan fingerprint density at radius 3 is 2.13 bits per heavy atom. The summed E-state index contributed by atoms with van der Waals surface area (Å²) < 4.78 is 16.3. The number of benzene rings is 2. The molecule has 1 aliphatic carbocycles. The number of aromatic nitrogens is 3. The molecule has 1 aromatic heterocycles. The number of hydrogen-bond acceptors (Lipinski definition) is 9. The van der Waals surface area contributed by atoms with E-state index in [2.05, 4.69) is 17.2 Å². The lowest BCUT2D eigenvalue weighted by molar-refractivity contribution is -0.146. The zero-order valence-electron chi connectivity index (χ0n) is 30.9. The van der Waals surface area contributed by atoms with Gasteiger partial charge in [0.1, 0.15) is 46.1 Å². The molecule has 52 heavy (non-hydrogen) atoms. The molecule has 2 fully saturated rings. The Balaban J connectivity index is 1.56. The van der Waals surface area contributed by atoms with Crippen molar-refractivity contribution in [3.05, 3.63) is 61.2 Å². The summed E-state index contributed by atoms with van der Waals surface area (Å²) in [6.07, 6.45) is 0.977. The van der Waals surface area contributed by atoms with Gasteiger partial charge in [-0.15, -0.1) is 6.58 Å². The van der Waals surface area contributed by atoms with Crippen LogP contribution in [0.1, 0.15) is 60.4 Å². The highest BCUT2D eigenvalue weighted by atomic mass is 16.6. The molecule has 2 heterocycles. The van der Waals surface area contributed by atoms with Gasteiger partial charge < -0.3 is 34.9 Å². The first kappa shape index (κ1) is 37.8.